The van der Waals surface area contributed by atoms with Gasteiger partial charge in [0.25, 0.3) is 0 Å². The van der Waals surface area contributed by atoms with Crippen molar-refractivity contribution >= 4 is 17.5 Å². The van der Waals surface area contributed by atoms with Gasteiger partial charge in [-0.25, -0.2) is 0 Å². The van der Waals surface area contributed by atoms with Crippen LogP contribution in [0.4, 0.5) is 0 Å². The van der Waals surface area contributed by atoms with Gasteiger partial charge in [0.2, 0.25) is 5.91 Å². The quantitative estimate of drug-likeness (QED) is 0.890. The Kier molecular flexibility index (Phi) is 5.40. The average Bonchev–Trinajstić information content (AvgIpc) is 2.47. The van der Waals surface area contributed by atoms with E-state index in [0.29, 0.717) is 6.54 Å². The predicted octanol–water partition coefficient (Wildman–Crippen LogP) is 1.80. The molecule has 1 amide bonds. The number of halogens is 1. The lowest BCUT2D eigenvalue weighted by Gasteiger charge is -2.37. The molecule has 0 spiro atoms. The van der Waals surface area contributed by atoms with Crippen LogP contribution in [-0.2, 0) is 4.79 Å². The Bertz CT molecular complexity index is 466. The van der Waals surface area contributed by atoms with E-state index in [9.17, 15) is 4.79 Å². The van der Waals surface area contributed by atoms with Crippen LogP contribution in [0.2, 0.25) is 5.02 Å². The molecule has 1 heterocycles. The zero-order valence-electron chi connectivity index (χ0n) is 11.8. The van der Waals surface area contributed by atoms with Crippen molar-refractivity contribution in [2.45, 2.75) is 18.9 Å². The highest BCUT2D eigenvalue weighted by molar-refractivity contribution is 6.30. The summed E-state index contributed by atoms with van der Waals surface area (Å²) in [6.07, 6.45) is 1.97. The Hall–Kier alpha value is -1.10. The summed E-state index contributed by atoms with van der Waals surface area (Å²) in [5.74, 6) is 0.179. The molecule has 0 aromatic heterocycles. The molecule has 1 fully saturated rings. The van der Waals surface area contributed by atoms with Crippen LogP contribution >= 0.6 is 11.6 Å². The first-order valence-corrected chi connectivity index (χ1v) is 7.44. The van der Waals surface area contributed by atoms with Gasteiger partial charge in [-0.05, 0) is 37.1 Å². The van der Waals surface area contributed by atoms with Gasteiger partial charge < -0.3 is 11.1 Å². The first-order valence-electron chi connectivity index (χ1n) is 7.07. The molecule has 1 aliphatic heterocycles. The van der Waals surface area contributed by atoms with E-state index in [0.717, 1.165) is 36.5 Å². The summed E-state index contributed by atoms with van der Waals surface area (Å²) in [5, 5.41) is 3.47. The second-order valence-corrected chi connectivity index (χ2v) is 5.69. The number of piperidine rings is 1. The van der Waals surface area contributed by atoms with Crippen molar-refractivity contribution in [1.82, 2.24) is 10.2 Å². The van der Waals surface area contributed by atoms with E-state index in [4.69, 9.17) is 17.3 Å². The number of hydrogen-bond acceptors (Lipinski definition) is 3. The Labute approximate surface area is 125 Å². The molecule has 2 atom stereocenters. The van der Waals surface area contributed by atoms with Crippen LogP contribution < -0.4 is 11.1 Å². The number of benzene rings is 1. The van der Waals surface area contributed by atoms with Gasteiger partial charge in [0.15, 0.2) is 0 Å². The lowest BCUT2D eigenvalue weighted by atomic mass is 9.94. The molecule has 0 aliphatic carbocycles. The minimum absolute atomic E-state index is 0.0574. The van der Waals surface area contributed by atoms with Crippen LogP contribution in [0.15, 0.2) is 24.3 Å². The van der Waals surface area contributed by atoms with E-state index in [1.807, 2.05) is 24.3 Å². The standard InChI is InChI=1S/C15H22ClN3O/c1-18-15(20)12-5-3-7-19(10-12)14(9-17)11-4-2-6-13(16)8-11/h2,4,6,8,12,14H,3,5,7,9-10,17H2,1H3,(H,18,20). The van der Waals surface area contributed by atoms with E-state index < -0.39 is 0 Å². The van der Waals surface area contributed by atoms with Crippen molar-refractivity contribution in [2.24, 2.45) is 11.7 Å². The molecular weight excluding hydrogens is 274 g/mol. The van der Waals surface area contributed by atoms with Gasteiger partial charge in [0.1, 0.15) is 0 Å². The largest absolute Gasteiger partial charge is 0.359 e. The Morgan fingerprint density at radius 2 is 2.40 bits per heavy atom. The number of nitrogens with one attached hydrogen (secondary N) is 1. The lowest BCUT2D eigenvalue weighted by Crippen LogP contribution is -2.45. The SMILES string of the molecule is CNC(=O)C1CCCN(C(CN)c2cccc(Cl)c2)C1. The highest BCUT2D eigenvalue weighted by atomic mass is 35.5. The number of nitrogens with two attached hydrogens (primary N) is 1. The van der Waals surface area contributed by atoms with Crippen LogP contribution in [-0.4, -0.2) is 37.5 Å². The molecule has 5 heteroatoms. The molecule has 1 aromatic rings. The van der Waals surface area contributed by atoms with Crippen molar-refractivity contribution in [3.63, 3.8) is 0 Å². The molecule has 4 nitrogen and oxygen atoms in total. The number of amides is 1. The molecule has 0 saturated carbocycles. The Morgan fingerprint density at radius 3 is 3.05 bits per heavy atom. The van der Waals surface area contributed by atoms with Crippen LogP contribution in [0.25, 0.3) is 0 Å². The molecule has 1 saturated heterocycles. The van der Waals surface area contributed by atoms with E-state index >= 15 is 0 Å². The highest BCUT2D eigenvalue weighted by Gasteiger charge is 2.29. The summed E-state index contributed by atoms with van der Waals surface area (Å²) >= 11 is 6.06. The second kappa shape index (κ2) is 7.07. The molecule has 20 heavy (non-hydrogen) atoms. The van der Waals surface area contributed by atoms with Crippen molar-refractivity contribution in [3.05, 3.63) is 34.9 Å². The van der Waals surface area contributed by atoms with Crippen LogP contribution in [0.5, 0.6) is 0 Å². The van der Waals surface area contributed by atoms with Gasteiger partial charge in [0, 0.05) is 31.2 Å². The summed E-state index contributed by atoms with van der Waals surface area (Å²) in [4.78, 5) is 14.1. The lowest BCUT2D eigenvalue weighted by molar-refractivity contribution is -0.126. The predicted molar refractivity (Wildman–Crippen MR) is 81.6 cm³/mol. The van der Waals surface area contributed by atoms with Gasteiger partial charge in [-0.2, -0.15) is 0 Å². The number of carbonyl (C=O) groups is 1. The number of hydrogen-bond donors (Lipinski definition) is 2. The summed E-state index contributed by atoms with van der Waals surface area (Å²) < 4.78 is 0. The average molecular weight is 296 g/mol. The molecule has 3 N–H and O–H groups in total. The maximum Gasteiger partial charge on any atom is 0.224 e. The van der Waals surface area contributed by atoms with Crippen LogP contribution in [0.1, 0.15) is 24.4 Å². The van der Waals surface area contributed by atoms with Gasteiger partial charge in [0.05, 0.1) is 5.92 Å². The van der Waals surface area contributed by atoms with Gasteiger partial charge in [-0.15, -0.1) is 0 Å². The third-order valence-electron chi connectivity index (χ3n) is 3.97. The molecule has 2 rings (SSSR count). The zero-order valence-corrected chi connectivity index (χ0v) is 12.6. The van der Waals surface area contributed by atoms with E-state index in [1.54, 1.807) is 7.05 Å². The number of likely N-dealkylation sites (tertiary alicyclic amines) is 1. The summed E-state index contributed by atoms with van der Waals surface area (Å²) in [6, 6.07) is 7.94. The third-order valence-corrected chi connectivity index (χ3v) is 4.20. The topological polar surface area (TPSA) is 58.4 Å². The summed E-state index contributed by atoms with van der Waals surface area (Å²) in [7, 11) is 1.69. The first-order chi connectivity index (χ1) is 9.65. The monoisotopic (exact) mass is 295 g/mol. The molecule has 110 valence electrons. The van der Waals surface area contributed by atoms with Gasteiger partial charge in [-0.3, -0.25) is 9.69 Å². The zero-order chi connectivity index (χ0) is 14.5. The number of rotatable bonds is 4. The molecule has 1 aliphatic rings. The van der Waals surface area contributed by atoms with Crippen molar-refractivity contribution in [3.8, 4) is 0 Å². The van der Waals surface area contributed by atoms with Gasteiger partial charge >= 0.3 is 0 Å². The maximum atomic E-state index is 11.8. The highest BCUT2D eigenvalue weighted by Crippen LogP contribution is 2.27. The molecular formula is C15H22ClN3O. The normalized spacial score (nSPS) is 21.4. The van der Waals surface area contributed by atoms with Crippen molar-refractivity contribution < 1.29 is 4.79 Å². The third kappa shape index (κ3) is 3.51. The fourth-order valence-corrected chi connectivity index (χ4v) is 3.12. The first kappa shape index (κ1) is 15.3. The summed E-state index contributed by atoms with van der Waals surface area (Å²) in [6.45, 7) is 2.26. The molecule has 0 radical (unpaired) electrons. The van der Waals surface area contributed by atoms with Crippen molar-refractivity contribution in [2.75, 3.05) is 26.7 Å². The number of nitrogens with zero attached hydrogens (tertiary/aromatic N) is 1. The second-order valence-electron chi connectivity index (χ2n) is 5.25. The van der Waals surface area contributed by atoms with Crippen LogP contribution in [0.3, 0.4) is 0 Å². The summed E-state index contributed by atoms with van der Waals surface area (Å²) in [5.41, 5.74) is 7.08. The minimum Gasteiger partial charge on any atom is -0.359 e. The molecule has 0 bridgehead atoms. The minimum atomic E-state index is 0.0574. The van der Waals surface area contributed by atoms with Crippen LogP contribution in [0, 0.1) is 5.92 Å². The van der Waals surface area contributed by atoms with E-state index in [-0.39, 0.29) is 17.9 Å². The fraction of sp³-hybridized carbons (Fsp3) is 0.533. The Balaban J connectivity index is 2.13. The maximum absolute atomic E-state index is 11.8. The smallest absolute Gasteiger partial charge is 0.224 e. The van der Waals surface area contributed by atoms with E-state index in [2.05, 4.69) is 10.2 Å². The Morgan fingerprint density at radius 1 is 1.60 bits per heavy atom. The van der Waals surface area contributed by atoms with Crippen molar-refractivity contribution in [1.29, 1.82) is 0 Å². The molecule has 2 unspecified atom stereocenters. The van der Waals surface area contributed by atoms with Gasteiger partial charge in [-0.1, -0.05) is 23.7 Å². The molecule has 1 aromatic carbocycles. The van der Waals surface area contributed by atoms with E-state index in [1.165, 1.54) is 0 Å². The number of carbonyl (C=O) groups excluding carboxylic acids is 1. The fourth-order valence-electron chi connectivity index (χ4n) is 2.92.